The molecule has 1 unspecified atom stereocenters. The maximum atomic E-state index is 12.9. The van der Waals surface area contributed by atoms with Gasteiger partial charge < -0.3 is 5.73 Å². The Morgan fingerprint density at radius 3 is 2.93 bits per heavy atom. The molecule has 0 aliphatic heterocycles. The van der Waals surface area contributed by atoms with E-state index < -0.39 is 0 Å². The smallest absolute Gasteiger partial charge is 0.123 e. The van der Waals surface area contributed by atoms with Crippen LogP contribution in [0.1, 0.15) is 18.5 Å². The molecule has 14 heavy (non-hydrogen) atoms. The molecule has 0 radical (unpaired) electrons. The molecular weight excluding hydrogens is 221 g/mol. The maximum absolute atomic E-state index is 12.9. The normalized spacial score (nSPS) is 12.9. The van der Waals surface area contributed by atoms with E-state index >= 15 is 0 Å². The van der Waals surface area contributed by atoms with E-state index in [9.17, 15) is 4.39 Å². The molecular formula is C10H13ClFNS. The van der Waals surface area contributed by atoms with Crippen molar-refractivity contribution in [3.05, 3.63) is 34.6 Å². The van der Waals surface area contributed by atoms with E-state index in [1.54, 1.807) is 17.8 Å². The van der Waals surface area contributed by atoms with E-state index in [0.29, 0.717) is 10.6 Å². The standard InChI is InChI=1S/C10H13ClFNS/c1-2-14-6-10(13)8-5-7(12)3-4-9(8)11/h3-5,10H,2,6,13H2,1H3. The van der Waals surface area contributed by atoms with Gasteiger partial charge >= 0.3 is 0 Å². The topological polar surface area (TPSA) is 26.0 Å². The van der Waals surface area contributed by atoms with Crippen LogP contribution < -0.4 is 5.73 Å². The first kappa shape index (κ1) is 11.8. The highest BCUT2D eigenvalue weighted by Crippen LogP contribution is 2.24. The number of hydrogen-bond donors (Lipinski definition) is 1. The Labute approximate surface area is 92.8 Å². The van der Waals surface area contributed by atoms with Gasteiger partial charge in [0.2, 0.25) is 0 Å². The van der Waals surface area contributed by atoms with E-state index in [1.807, 2.05) is 0 Å². The van der Waals surface area contributed by atoms with Gasteiger partial charge in [0, 0.05) is 16.8 Å². The van der Waals surface area contributed by atoms with Crippen LogP contribution in [-0.2, 0) is 0 Å². The SMILES string of the molecule is CCSCC(N)c1cc(F)ccc1Cl. The summed E-state index contributed by atoms with van der Waals surface area (Å²) in [4.78, 5) is 0. The summed E-state index contributed by atoms with van der Waals surface area (Å²) in [5, 5.41) is 0.538. The highest BCUT2D eigenvalue weighted by atomic mass is 35.5. The molecule has 0 fully saturated rings. The van der Waals surface area contributed by atoms with Crippen molar-refractivity contribution in [2.24, 2.45) is 5.73 Å². The van der Waals surface area contributed by atoms with Crippen LogP contribution in [-0.4, -0.2) is 11.5 Å². The summed E-state index contributed by atoms with van der Waals surface area (Å²) >= 11 is 7.63. The van der Waals surface area contributed by atoms with Gasteiger partial charge in [0.05, 0.1) is 0 Å². The van der Waals surface area contributed by atoms with Crippen LogP contribution >= 0.6 is 23.4 Å². The minimum absolute atomic E-state index is 0.192. The summed E-state index contributed by atoms with van der Waals surface area (Å²) in [7, 11) is 0. The third-order valence-corrected chi connectivity index (χ3v) is 3.21. The summed E-state index contributed by atoms with van der Waals surface area (Å²) in [6, 6.07) is 4.10. The second-order valence-corrected chi connectivity index (χ2v) is 4.66. The van der Waals surface area contributed by atoms with Gasteiger partial charge in [0.25, 0.3) is 0 Å². The summed E-state index contributed by atoms with van der Waals surface area (Å²) in [6.45, 7) is 2.06. The van der Waals surface area contributed by atoms with Gasteiger partial charge in [0.15, 0.2) is 0 Å². The molecule has 0 aromatic heterocycles. The van der Waals surface area contributed by atoms with Crippen molar-refractivity contribution < 1.29 is 4.39 Å². The Morgan fingerprint density at radius 1 is 1.57 bits per heavy atom. The maximum Gasteiger partial charge on any atom is 0.123 e. The fourth-order valence-electron chi connectivity index (χ4n) is 1.13. The van der Waals surface area contributed by atoms with Crippen molar-refractivity contribution in [1.29, 1.82) is 0 Å². The lowest BCUT2D eigenvalue weighted by Gasteiger charge is -2.12. The Kier molecular flexibility index (Phi) is 4.72. The first-order valence-electron chi connectivity index (χ1n) is 4.43. The van der Waals surface area contributed by atoms with Crippen LogP contribution in [0, 0.1) is 5.82 Å². The minimum Gasteiger partial charge on any atom is -0.323 e. The minimum atomic E-state index is -0.290. The van der Waals surface area contributed by atoms with Gasteiger partial charge in [-0.3, -0.25) is 0 Å². The average molecular weight is 234 g/mol. The molecule has 2 N–H and O–H groups in total. The van der Waals surface area contributed by atoms with Crippen LogP contribution in [0.5, 0.6) is 0 Å². The van der Waals surface area contributed by atoms with Crippen LogP contribution in [0.4, 0.5) is 4.39 Å². The Bertz CT molecular complexity index is 306. The molecule has 0 aliphatic carbocycles. The van der Waals surface area contributed by atoms with Crippen molar-refractivity contribution in [2.75, 3.05) is 11.5 Å². The van der Waals surface area contributed by atoms with E-state index in [-0.39, 0.29) is 11.9 Å². The van der Waals surface area contributed by atoms with Crippen molar-refractivity contribution in [2.45, 2.75) is 13.0 Å². The number of halogens is 2. The second-order valence-electron chi connectivity index (χ2n) is 2.93. The van der Waals surface area contributed by atoms with Crippen LogP contribution in [0.3, 0.4) is 0 Å². The molecule has 4 heteroatoms. The monoisotopic (exact) mass is 233 g/mol. The van der Waals surface area contributed by atoms with Crippen LogP contribution in [0.2, 0.25) is 5.02 Å². The predicted molar refractivity (Wildman–Crippen MR) is 61.3 cm³/mol. The van der Waals surface area contributed by atoms with E-state index in [2.05, 4.69) is 6.92 Å². The first-order valence-corrected chi connectivity index (χ1v) is 5.96. The third-order valence-electron chi connectivity index (χ3n) is 1.86. The van der Waals surface area contributed by atoms with E-state index in [0.717, 1.165) is 11.5 Å². The van der Waals surface area contributed by atoms with Crippen molar-refractivity contribution >= 4 is 23.4 Å². The highest BCUT2D eigenvalue weighted by Gasteiger charge is 2.10. The lowest BCUT2D eigenvalue weighted by Crippen LogP contribution is -2.14. The summed E-state index contributed by atoms with van der Waals surface area (Å²) in [5.74, 6) is 1.47. The average Bonchev–Trinajstić information content (AvgIpc) is 2.18. The second kappa shape index (κ2) is 5.59. The number of benzene rings is 1. The number of hydrogen-bond acceptors (Lipinski definition) is 2. The molecule has 0 saturated carbocycles. The quantitative estimate of drug-likeness (QED) is 0.864. The number of rotatable bonds is 4. The molecule has 0 aliphatic rings. The molecule has 1 aromatic rings. The summed E-state index contributed by atoms with van der Waals surface area (Å²) in [5.41, 5.74) is 6.57. The molecule has 1 rings (SSSR count). The molecule has 0 spiro atoms. The van der Waals surface area contributed by atoms with Crippen LogP contribution in [0.25, 0.3) is 0 Å². The highest BCUT2D eigenvalue weighted by molar-refractivity contribution is 7.99. The van der Waals surface area contributed by atoms with Gasteiger partial charge in [-0.05, 0) is 29.5 Å². The molecule has 0 bridgehead atoms. The molecule has 1 atom stereocenters. The largest absolute Gasteiger partial charge is 0.323 e. The van der Waals surface area contributed by atoms with Gasteiger partial charge in [-0.15, -0.1) is 0 Å². The van der Waals surface area contributed by atoms with E-state index in [1.165, 1.54) is 12.1 Å². The fourth-order valence-corrected chi connectivity index (χ4v) is 2.06. The zero-order valence-corrected chi connectivity index (χ0v) is 9.54. The van der Waals surface area contributed by atoms with Crippen molar-refractivity contribution in [3.8, 4) is 0 Å². The van der Waals surface area contributed by atoms with Gasteiger partial charge in [0.1, 0.15) is 5.82 Å². The van der Waals surface area contributed by atoms with Crippen molar-refractivity contribution in [3.63, 3.8) is 0 Å². The van der Waals surface area contributed by atoms with Crippen LogP contribution in [0.15, 0.2) is 18.2 Å². The predicted octanol–water partition coefficient (Wildman–Crippen LogP) is 3.23. The number of nitrogens with two attached hydrogens (primary N) is 1. The Hall–Kier alpha value is -0.250. The molecule has 0 heterocycles. The Balaban J connectivity index is 2.77. The molecule has 0 amide bonds. The fraction of sp³-hybridized carbons (Fsp3) is 0.400. The van der Waals surface area contributed by atoms with Gasteiger partial charge in [-0.1, -0.05) is 18.5 Å². The van der Waals surface area contributed by atoms with Gasteiger partial charge in [-0.2, -0.15) is 11.8 Å². The summed E-state index contributed by atoms with van der Waals surface area (Å²) < 4.78 is 12.9. The zero-order valence-electron chi connectivity index (χ0n) is 7.97. The third kappa shape index (κ3) is 3.15. The van der Waals surface area contributed by atoms with E-state index in [4.69, 9.17) is 17.3 Å². The summed E-state index contributed by atoms with van der Waals surface area (Å²) in [6.07, 6.45) is 0. The van der Waals surface area contributed by atoms with Gasteiger partial charge in [-0.25, -0.2) is 4.39 Å². The molecule has 0 saturated heterocycles. The lowest BCUT2D eigenvalue weighted by molar-refractivity contribution is 0.623. The first-order chi connectivity index (χ1) is 6.65. The zero-order chi connectivity index (χ0) is 10.6. The molecule has 1 aromatic carbocycles. The molecule has 1 nitrogen and oxygen atoms in total. The Morgan fingerprint density at radius 2 is 2.29 bits per heavy atom. The molecule has 78 valence electrons. The van der Waals surface area contributed by atoms with Crippen molar-refractivity contribution in [1.82, 2.24) is 0 Å². The number of thioether (sulfide) groups is 1. The lowest BCUT2D eigenvalue weighted by atomic mass is 10.1.